The number of nitrogens with one attached hydrogen (secondary N) is 1. The second-order valence-electron chi connectivity index (χ2n) is 3.49. The van der Waals surface area contributed by atoms with Gasteiger partial charge in [-0.15, -0.1) is 0 Å². The summed E-state index contributed by atoms with van der Waals surface area (Å²) in [4.78, 5) is 11.1. The standard InChI is InChI=1S/C8H17NO2.C2H6/c1-8(2,3)7(10)11-6-5-9-4;1-2/h9H,5-6H2,1-4H3;1-2H3. The molecule has 0 spiro atoms. The zero-order chi connectivity index (χ0) is 10.9. The highest BCUT2D eigenvalue weighted by Crippen LogP contribution is 2.14. The van der Waals surface area contributed by atoms with Gasteiger partial charge in [0.15, 0.2) is 0 Å². The highest BCUT2D eigenvalue weighted by Gasteiger charge is 2.22. The third-order valence-electron chi connectivity index (χ3n) is 1.20. The van der Waals surface area contributed by atoms with E-state index in [-0.39, 0.29) is 11.4 Å². The minimum Gasteiger partial charge on any atom is -0.464 e. The molecule has 0 aromatic rings. The molecule has 80 valence electrons. The highest BCUT2D eigenvalue weighted by atomic mass is 16.5. The molecule has 0 amide bonds. The van der Waals surface area contributed by atoms with Crippen LogP contribution in [0.15, 0.2) is 0 Å². The van der Waals surface area contributed by atoms with Gasteiger partial charge in [0.05, 0.1) is 5.41 Å². The lowest BCUT2D eigenvalue weighted by Gasteiger charge is -2.16. The van der Waals surface area contributed by atoms with Crippen LogP contribution in [0.1, 0.15) is 34.6 Å². The first-order valence-electron chi connectivity index (χ1n) is 4.80. The molecular weight excluding hydrogens is 166 g/mol. The molecule has 3 heteroatoms. The Morgan fingerprint density at radius 2 is 1.77 bits per heavy atom. The van der Waals surface area contributed by atoms with Crippen molar-refractivity contribution >= 4 is 5.97 Å². The number of hydrogen-bond donors (Lipinski definition) is 1. The average Bonchev–Trinajstić information content (AvgIpc) is 2.07. The Morgan fingerprint density at radius 3 is 2.08 bits per heavy atom. The van der Waals surface area contributed by atoms with Crippen LogP contribution in [0.3, 0.4) is 0 Å². The number of carbonyl (C=O) groups is 1. The van der Waals surface area contributed by atoms with Crippen molar-refractivity contribution in [2.45, 2.75) is 34.6 Å². The first-order valence-corrected chi connectivity index (χ1v) is 4.80. The molecular formula is C10H23NO2. The van der Waals surface area contributed by atoms with Crippen molar-refractivity contribution in [2.24, 2.45) is 5.41 Å². The molecule has 0 heterocycles. The van der Waals surface area contributed by atoms with Gasteiger partial charge in [-0.05, 0) is 27.8 Å². The predicted molar refractivity (Wildman–Crippen MR) is 55.7 cm³/mol. The number of hydrogen-bond acceptors (Lipinski definition) is 3. The maximum Gasteiger partial charge on any atom is 0.311 e. The lowest BCUT2D eigenvalue weighted by atomic mass is 9.97. The summed E-state index contributed by atoms with van der Waals surface area (Å²) >= 11 is 0. The van der Waals surface area contributed by atoms with Crippen LogP contribution < -0.4 is 5.32 Å². The molecule has 1 N–H and O–H groups in total. The van der Waals surface area contributed by atoms with Gasteiger partial charge < -0.3 is 10.1 Å². The van der Waals surface area contributed by atoms with Gasteiger partial charge in [-0.2, -0.15) is 0 Å². The molecule has 0 bridgehead atoms. The fourth-order valence-corrected chi connectivity index (χ4v) is 0.462. The van der Waals surface area contributed by atoms with Crippen molar-refractivity contribution in [2.75, 3.05) is 20.2 Å². The van der Waals surface area contributed by atoms with E-state index >= 15 is 0 Å². The molecule has 0 radical (unpaired) electrons. The Morgan fingerprint density at radius 1 is 1.31 bits per heavy atom. The van der Waals surface area contributed by atoms with Crippen LogP contribution in [0.4, 0.5) is 0 Å². The molecule has 0 saturated carbocycles. The van der Waals surface area contributed by atoms with Crippen molar-refractivity contribution in [1.82, 2.24) is 5.32 Å². The lowest BCUT2D eigenvalue weighted by Crippen LogP contribution is -2.26. The van der Waals surface area contributed by atoms with E-state index in [0.29, 0.717) is 13.2 Å². The van der Waals surface area contributed by atoms with Gasteiger partial charge in [0.2, 0.25) is 0 Å². The van der Waals surface area contributed by atoms with E-state index in [9.17, 15) is 4.79 Å². The Bertz CT molecular complexity index is 127. The molecule has 0 fully saturated rings. The quantitative estimate of drug-likeness (QED) is 0.543. The zero-order valence-electron chi connectivity index (χ0n) is 9.73. The van der Waals surface area contributed by atoms with Crippen LogP contribution in [0.2, 0.25) is 0 Å². The molecule has 0 unspecified atom stereocenters. The molecule has 0 saturated heterocycles. The lowest BCUT2D eigenvalue weighted by molar-refractivity contribution is -0.152. The summed E-state index contributed by atoms with van der Waals surface area (Å²) in [5.41, 5.74) is -0.381. The van der Waals surface area contributed by atoms with Gasteiger partial charge in [0, 0.05) is 6.54 Å². The van der Waals surface area contributed by atoms with Crippen molar-refractivity contribution in [3.05, 3.63) is 0 Å². The van der Waals surface area contributed by atoms with Crippen LogP contribution in [0.25, 0.3) is 0 Å². The summed E-state index contributed by atoms with van der Waals surface area (Å²) in [6, 6.07) is 0. The third kappa shape index (κ3) is 9.34. The average molecular weight is 189 g/mol. The normalized spacial score (nSPS) is 10.0. The fraction of sp³-hybridized carbons (Fsp3) is 0.900. The number of rotatable bonds is 3. The molecule has 0 atom stereocenters. The molecule has 0 aromatic carbocycles. The van der Waals surface area contributed by atoms with Crippen LogP contribution in [0.5, 0.6) is 0 Å². The van der Waals surface area contributed by atoms with Crippen LogP contribution in [-0.4, -0.2) is 26.2 Å². The van der Waals surface area contributed by atoms with Crippen LogP contribution in [0, 0.1) is 5.41 Å². The van der Waals surface area contributed by atoms with Crippen molar-refractivity contribution in [1.29, 1.82) is 0 Å². The molecule has 13 heavy (non-hydrogen) atoms. The molecule has 0 aliphatic rings. The van der Waals surface area contributed by atoms with Gasteiger partial charge in [-0.1, -0.05) is 13.8 Å². The van der Waals surface area contributed by atoms with Crippen LogP contribution in [-0.2, 0) is 9.53 Å². The predicted octanol–water partition coefficient (Wildman–Crippen LogP) is 1.82. The van der Waals surface area contributed by atoms with E-state index < -0.39 is 0 Å². The van der Waals surface area contributed by atoms with E-state index in [1.165, 1.54) is 0 Å². The van der Waals surface area contributed by atoms with Crippen molar-refractivity contribution in [3.8, 4) is 0 Å². The monoisotopic (exact) mass is 189 g/mol. The second-order valence-corrected chi connectivity index (χ2v) is 3.49. The van der Waals surface area contributed by atoms with Crippen molar-refractivity contribution in [3.63, 3.8) is 0 Å². The summed E-state index contributed by atoms with van der Waals surface area (Å²) in [5, 5.41) is 2.90. The maximum absolute atomic E-state index is 11.1. The van der Waals surface area contributed by atoms with Gasteiger partial charge in [0.25, 0.3) is 0 Å². The van der Waals surface area contributed by atoms with E-state index in [2.05, 4.69) is 5.32 Å². The molecule has 3 nitrogen and oxygen atoms in total. The summed E-state index contributed by atoms with van der Waals surface area (Å²) in [6.07, 6.45) is 0. The smallest absolute Gasteiger partial charge is 0.311 e. The van der Waals surface area contributed by atoms with Gasteiger partial charge in [-0.25, -0.2) is 0 Å². The highest BCUT2D eigenvalue weighted by molar-refractivity contribution is 5.75. The molecule has 0 aliphatic carbocycles. The van der Waals surface area contributed by atoms with Crippen LogP contribution >= 0.6 is 0 Å². The molecule has 0 aliphatic heterocycles. The first kappa shape index (κ1) is 14.9. The van der Waals surface area contributed by atoms with Gasteiger partial charge in [0.1, 0.15) is 6.61 Å². The summed E-state index contributed by atoms with van der Waals surface area (Å²) in [5.74, 6) is -0.146. The molecule has 0 rings (SSSR count). The summed E-state index contributed by atoms with van der Waals surface area (Å²) in [6.45, 7) is 10.7. The first-order chi connectivity index (χ1) is 5.98. The topological polar surface area (TPSA) is 38.3 Å². The third-order valence-corrected chi connectivity index (χ3v) is 1.20. The van der Waals surface area contributed by atoms with E-state index in [4.69, 9.17) is 4.74 Å². The van der Waals surface area contributed by atoms with Gasteiger partial charge >= 0.3 is 5.97 Å². The van der Waals surface area contributed by atoms with E-state index in [1.54, 1.807) is 0 Å². The van der Waals surface area contributed by atoms with E-state index in [1.807, 2.05) is 41.7 Å². The van der Waals surface area contributed by atoms with Crippen molar-refractivity contribution < 1.29 is 9.53 Å². The number of likely N-dealkylation sites (N-methyl/N-ethyl adjacent to an activating group) is 1. The minimum absolute atomic E-state index is 0.146. The Labute approximate surface area is 81.9 Å². The Kier molecular flexibility index (Phi) is 9.24. The fourth-order valence-electron chi connectivity index (χ4n) is 0.462. The SMILES string of the molecule is CC.CNCCOC(=O)C(C)(C)C. The Balaban J connectivity index is 0. The number of carbonyl (C=O) groups excluding carboxylic acids is 1. The summed E-state index contributed by atoms with van der Waals surface area (Å²) in [7, 11) is 1.82. The van der Waals surface area contributed by atoms with Gasteiger partial charge in [-0.3, -0.25) is 4.79 Å². The minimum atomic E-state index is -0.381. The second kappa shape index (κ2) is 8.05. The number of ether oxygens (including phenoxy) is 1. The van der Waals surface area contributed by atoms with E-state index in [0.717, 1.165) is 0 Å². The largest absolute Gasteiger partial charge is 0.464 e. The molecule has 0 aromatic heterocycles. The number of esters is 1. The maximum atomic E-state index is 11.1. The summed E-state index contributed by atoms with van der Waals surface area (Å²) < 4.78 is 4.95. The zero-order valence-corrected chi connectivity index (χ0v) is 9.73. The Hall–Kier alpha value is -0.570.